The molecule has 0 atom stereocenters. The van der Waals surface area contributed by atoms with Crippen LogP contribution in [0.5, 0.6) is 11.5 Å². The van der Waals surface area contributed by atoms with E-state index in [1.165, 1.54) is 0 Å². The molecule has 0 saturated heterocycles. The fourth-order valence-corrected chi connectivity index (χ4v) is 3.21. The minimum Gasteiger partial charge on any atom is -0.493 e. The van der Waals surface area contributed by atoms with Gasteiger partial charge in [0.2, 0.25) is 11.8 Å². The van der Waals surface area contributed by atoms with Crippen molar-refractivity contribution >= 4 is 11.8 Å². The largest absolute Gasteiger partial charge is 0.493 e. The lowest BCUT2D eigenvalue weighted by atomic mass is 10.1. The van der Waals surface area contributed by atoms with Gasteiger partial charge in [-0.05, 0) is 36.3 Å². The minimum absolute atomic E-state index is 0.0923. The number of carbonyl (C=O) groups is 2. The maximum Gasteiger partial charge on any atom is 0.224 e. The lowest BCUT2D eigenvalue weighted by Crippen LogP contribution is -2.31. The smallest absolute Gasteiger partial charge is 0.224 e. The zero-order valence-electron chi connectivity index (χ0n) is 19.4. The van der Waals surface area contributed by atoms with Crippen LogP contribution in [0.15, 0.2) is 48.5 Å². The first-order chi connectivity index (χ1) is 15.5. The molecule has 2 rings (SSSR count). The average molecular weight is 442 g/mol. The summed E-state index contributed by atoms with van der Waals surface area (Å²) in [6, 6.07) is 15.2. The fraction of sp³-hybridized carbons (Fsp3) is 0.440. The van der Waals surface area contributed by atoms with Crippen molar-refractivity contribution in [2.45, 2.75) is 33.2 Å². The summed E-state index contributed by atoms with van der Waals surface area (Å²) in [4.78, 5) is 26.4. The summed E-state index contributed by atoms with van der Waals surface area (Å²) in [5, 5.41) is 5.66. The van der Waals surface area contributed by atoms with Crippen molar-refractivity contribution in [2.75, 3.05) is 39.9 Å². The number of amides is 2. The van der Waals surface area contributed by atoms with E-state index in [-0.39, 0.29) is 18.2 Å². The van der Waals surface area contributed by atoms with Crippen molar-refractivity contribution in [1.29, 1.82) is 0 Å². The molecule has 0 aromatic heterocycles. The summed E-state index contributed by atoms with van der Waals surface area (Å²) in [5.74, 6) is 1.12. The van der Waals surface area contributed by atoms with Gasteiger partial charge in [0.25, 0.3) is 0 Å². The van der Waals surface area contributed by atoms with E-state index in [9.17, 15) is 9.59 Å². The number of carbonyl (C=O) groups excluding carboxylic acids is 2. The van der Waals surface area contributed by atoms with Crippen LogP contribution in [0.1, 0.15) is 31.4 Å². The van der Waals surface area contributed by atoms with Gasteiger partial charge in [-0.15, -0.1) is 0 Å². The topological polar surface area (TPSA) is 79.9 Å². The molecule has 2 aromatic carbocycles. The molecule has 7 heteroatoms. The van der Waals surface area contributed by atoms with Crippen LogP contribution in [-0.4, -0.2) is 56.6 Å². The Hall–Kier alpha value is -3.06. The van der Waals surface area contributed by atoms with Crippen LogP contribution in [0.4, 0.5) is 0 Å². The second-order valence-electron chi connectivity index (χ2n) is 7.40. The number of nitrogens with zero attached hydrogens (tertiary/aromatic N) is 1. The van der Waals surface area contributed by atoms with Gasteiger partial charge >= 0.3 is 0 Å². The van der Waals surface area contributed by atoms with E-state index >= 15 is 0 Å². The Kier molecular flexibility index (Phi) is 11.1. The zero-order valence-corrected chi connectivity index (χ0v) is 19.4. The fourth-order valence-electron chi connectivity index (χ4n) is 3.21. The Morgan fingerprint density at radius 3 is 2.34 bits per heavy atom. The summed E-state index contributed by atoms with van der Waals surface area (Å²) < 4.78 is 11.3. The van der Waals surface area contributed by atoms with E-state index in [0.29, 0.717) is 37.6 Å². The van der Waals surface area contributed by atoms with Crippen LogP contribution < -0.4 is 20.1 Å². The lowest BCUT2D eigenvalue weighted by Gasteiger charge is -2.19. The van der Waals surface area contributed by atoms with Gasteiger partial charge in [0.15, 0.2) is 11.5 Å². The molecule has 2 amide bonds. The Morgan fingerprint density at radius 1 is 0.906 bits per heavy atom. The van der Waals surface area contributed by atoms with E-state index in [1.807, 2.05) is 48.5 Å². The Morgan fingerprint density at radius 2 is 1.66 bits per heavy atom. The molecule has 2 aromatic rings. The van der Waals surface area contributed by atoms with E-state index in [4.69, 9.17) is 9.47 Å². The van der Waals surface area contributed by atoms with Crippen molar-refractivity contribution in [3.8, 4) is 11.5 Å². The summed E-state index contributed by atoms with van der Waals surface area (Å²) in [6.07, 6.45) is 0.538. The third-order valence-electron chi connectivity index (χ3n) is 5.16. The predicted molar refractivity (Wildman–Crippen MR) is 126 cm³/mol. The number of methoxy groups -OCH3 is 1. The SMILES string of the molecule is CCN(CC)CCOc1ccc(CNC(=O)CCNC(=O)Cc2ccccc2)cc1OC. The molecule has 174 valence electrons. The van der Waals surface area contributed by atoms with Gasteiger partial charge in [0.1, 0.15) is 6.61 Å². The first-order valence-corrected chi connectivity index (χ1v) is 11.1. The molecule has 0 aliphatic rings. The molecule has 0 aliphatic heterocycles. The summed E-state index contributed by atoms with van der Waals surface area (Å²) in [7, 11) is 1.60. The summed E-state index contributed by atoms with van der Waals surface area (Å²) in [5.41, 5.74) is 1.86. The number of benzene rings is 2. The van der Waals surface area contributed by atoms with Crippen LogP contribution in [0.2, 0.25) is 0 Å². The minimum atomic E-state index is -0.122. The van der Waals surface area contributed by atoms with Crippen molar-refractivity contribution in [1.82, 2.24) is 15.5 Å². The van der Waals surface area contributed by atoms with Crippen LogP contribution in [0.25, 0.3) is 0 Å². The van der Waals surface area contributed by atoms with Gasteiger partial charge in [-0.3, -0.25) is 9.59 Å². The van der Waals surface area contributed by atoms with Crippen LogP contribution >= 0.6 is 0 Å². The Labute approximate surface area is 191 Å². The molecule has 7 nitrogen and oxygen atoms in total. The molecule has 0 heterocycles. The predicted octanol–water partition coefficient (Wildman–Crippen LogP) is 2.78. The van der Waals surface area contributed by atoms with Gasteiger partial charge in [-0.2, -0.15) is 0 Å². The van der Waals surface area contributed by atoms with Gasteiger partial charge in [-0.25, -0.2) is 0 Å². The molecule has 0 unspecified atom stereocenters. The van der Waals surface area contributed by atoms with Gasteiger partial charge in [0.05, 0.1) is 13.5 Å². The first-order valence-electron chi connectivity index (χ1n) is 11.1. The number of hydrogen-bond donors (Lipinski definition) is 2. The molecule has 0 bridgehead atoms. The van der Waals surface area contributed by atoms with E-state index < -0.39 is 0 Å². The molecule has 0 saturated carbocycles. The molecule has 0 spiro atoms. The number of likely N-dealkylation sites (N-methyl/N-ethyl adjacent to an activating group) is 1. The molecule has 0 aliphatic carbocycles. The average Bonchev–Trinajstić information content (AvgIpc) is 2.81. The quantitative estimate of drug-likeness (QED) is 0.471. The second kappa shape index (κ2) is 14.1. The van der Waals surface area contributed by atoms with E-state index in [2.05, 4.69) is 29.4 Å². The maximum absolute atomic E-state index is 12.1. The summed E-state index contributed by atoms with van der Waals surface area (Å²) >= 11 is 0. The van der Waals surface area contributed by atoms with Crippen LogP contribution in [-0.2, 0) is 22.6 Å². The van der Waals surface area contributed by atoms with Crippen LogP contribution in [0.3, 0.4) is 0 Å². The van der Waals surface area contributed by atoms with Gasteiger partial charge in [0, 0.05) is 26.1 Å². The van der Waals surface area contributed by atoms with Crippen molar-refractivity contribution in [3.63, 3.8) is 0 Å². The Balaban J connectivity index is 1.71. The number of ether oxygens (including phenoxy) is 2. The third kappa shape index (κ3) is 8.98. The number of nitrogens with one attached hydrogen (secondary N) is 2. The highest BCUT2D eigenvalue weighted by atomic mass is 16.5. The first kappa shape index (κ1) is 25.2. The normalized spacial score (nSPS) is 10.6. The highest BCUT2D eigenvalue weighted by Crippen LogP contribution is 2.28. The molecule has 0 radical (unpaired) electrons. The number of hydrogen-bond acceptors (Lipinski definition) is 5. The van der Waals surface area contributed by atoms with Crippen LogP contribution in [0, 0.1) is 0 Å². The third-order valence-corrected chi connectivity index (χ3v) is 5.16. The van der Waals surface area contributed by atoms with Crippen molar-refractivity contribution < 1.29 is 19.1 Å². The monoisotopic (exact) mass is 441 g/mol. The second-order valence-corrected chi connectivity index (χ2v) is 7.40. The highest BCUT2D eigenvalue weighted by Gasteiger charge is 2.09. The zero-order chi connectivity index (χ0) is 23.2. The van der Waals surface area contributed by atoms with Gasteiger partial charge < -0.3 is 25.0 Å². The highest BCUT2D eigenvalue weighted by molar-refractivity contribution is 5.80. The maximum atomic E-state index is 12.1. The van der Waals surface area contributed by atoms with Crippen molar-refractivity contribution in [2.24, 2.45) is 0 Å². The standard InChI is InChI=1S/C25H35N3O4/c1-4-28(5-2)15-16-32-22-12-11-21(17-23(22)31-3)19-27-24(29)13-14-26-25(30)18-20-9-7-6-8-10-20/h6-12,17H,4-5,13-16,18-19H2,1-3H3,(H,26,30)(H,27,29). The Bertz CT molecular complexity index is 838. The molecule has 2 N–H and O–H groups in total. The molecular formula is C25H35N3O4. The summed E-state index contributed by atoms with van der Waals surface area (Å²) in [6.45, 7) is 8.38. The van der Waals surface area contributed by atoms with E-state index in [1.54, 1.807) is 7.11 Å². The molecule has 32 heavy (non-hydrogen) atoms. The van der Waals surface area contributed by atoms with E-state index in [0.717, 1.165) is 30.8 Å². The van der Waals surface area contributed by atoms with Gasteiger partial charge in [-0.1, -0.05) is 50.2 Å². The molecule has 0 fully saturated rings. The van der Waals surface area contributed by atoms with Crippen molar-refractivity contribution in [3.05, 3.63) is 59.7 Å². The number of rotatable bonds is 14. The molecular weight excluding hydrogens is 406 g/mol. The lowest BCUT2D eigenvalue weighted by molar-refractivity contribution is -0.122.